The SMILES string of the molecule is CC(C)C(C(=O)NC(CC(F)(F)F)C(=O)O)N1C(=O)c2ccccc2C1=O. The van der Waals surface area contributed by atoms with Gasteiger partial charge < -0.3 is 10.4 Å². The summed E-state index contributed by atoms with van der Waals surface area (Å²) >= 11 is 0. The second-order valence-corrected chi connectivity index (χ2v) is 6.43. The van der Waals surface area contributed by atoms with Gasteiger partial charge in [-0.15, -0.1) is 0 Å². The van der Waals surface area contributed by atoms with Gasteiger partial charge in [-0.05, 0) is 18.1 Å². The van der Waals surface area contributed by atoms with Gasteiger partial charge in [-0.1, -0.05) is 26.0 Å². The number of carbonyl (C=O) groups excluding carboxylic acids is 3. The number of aliphatic carboxylic acids is 1. The van der Waals surface area contributed by atoms with E-state index in [1.165, 1.54) is 38.1 Å². The molecule has 2 atom stereocenters. The number of nitrogens with zero attached hydrogens (tertiary/aromatic N) is 1. The van der Waals surface area contributed by atoms with E-state index in [9.17, 15) is 32.3 Å². The predicted molar refractivity (Wildman–Crippen MR) is 85.8 cm³/mol. The fourth-order valence-electron chi connectivity index (χ4n) is 2.87. The summed E-state index contributed by atoms with van der Waals surface area (Å²) in [4.78, 5) is 49.3. The van der Waals surface area contributed by atoms with Crippen LogP contribution in [-0.4, -0.2) is 52.0 Å². The molecule has 27 heavy (non-hydrogen) atoms. The van der Waals surface area contributed by atoms with Crippen molar-refractivity contribution >= 4 is 23.7 Å². The van der Waals surface area contributed by atoms with Crippen molar-refractivity contribution in [3.63, 3.8) is 0 Å². The van der Waals surface area contributed by atoms with Crippen molar-refractivity contribution in [2.45, 2.75) is 38.5 Å². The molecule has 1 aliphatic rings. The van der Waals surface area contributed by atoms with Gasteiger partial charge in [0.05, 0.1) is 17.5 Å². The lowest BCUT2D eigenvalue weighted by Gasteiger charge is -2.29. The van der Waals surface area contributed by atoms with Crippen LogP contribution < -0.4 is 5.32 Å². The number of carbonyl (C=O) groups is 4. The quantitative estimate of drug-likeness (QED) is 0.726. The topological polar surface area (TPSA) is 104 Å². The van der Waals surface area contributed by atoms with Crippen LogP contribution in [0.15, 0.2) is 24.3 Å². The number of halogens is 3. The summed E-state index contributed by atoms with van der Waals surface area (Å²) in [6, 6.07) is 2.17. The number of carboxylic acid groups (broad SMARTS) is 1. The number of benzene rings is 1. The molecule has 1 heterocycles. The Balaban J connectivity index is 2.30. The average molecular weight is 386 g/mol. The lowest BCUT2D eigenvalue weighted by atomic mass is 10.0. The molecule has 7 nitrogen and oxygen atoms in total. The largest absolute Gasteiger partial charge is 0.480 e. The Morgan fingerprint density at radius 3 is 1.96 bits per heavy atom. The number of hydrogen-bond donors (Lipinski definition) is 2. The highest BCUT2D eigenvalue weighted by atomic mass is 19.4. The minimum atomic E-state index is -4.82. The smallest absolute Gasteiger partial charge is 0.391 e. The van der Waals surface area contributed by atoms with Crippen molar-refractivity contribution in [2.75, 3.05) is 0 Å². The summed E-state index contributed by atoms with van der Waals surface area (Å²) in [5.74, 6) is -5.19. The van der Waals surface area contributed by atoms with Gasteiger partial charge in [-0.25, -0.2) is 4.79 Å². The van der Waals surface area contributed by atoms with Gasteiger partial charge in [-0.2, -0.15) is 13.2 Å². The molecule has 0 bridgehead atoms. The van der Waals surface area contributed by atoms with Crippen molar-refractivity contribution < 1.29 is 37.5 Å². The number of hydrogen-bond acceptors (Lipinski definition) is 4. The number of alkyl halides is 3. The van der Waals surface area contributed by atoms with Gasteiger partial charge in [0.1, 0.15) is 12.1 Å². The molecule has 0 aliphatic carbocycles. The van der Waals surface area contributed by atoms with Crippen LogP contribution in [-0.2, 0) is 9.59 Å². The highest BCUT2D eigenvalue weighted by molar-refractivity contribution is 6.22. The monoisotopic (exact) mass is 386 g/mol. The maximum atomic E-state index is 12.5. The zero-order valence-electron chi connectivity index (χ0n) is 14.4. The van der Waals surface area contributed by atoms with Crippen molar-refractivity contribution in [3.8, 4) is 0 Å². The third-order valence-electron chi connectivity index (χ3n) is 4.05. The van der Waals surface area contributed by atoms with E-state index in [2.05, 4.69) is 0 Å². The number of amides is 3. The van der Waals surface area contributed by atoms with Crippen molar-refractivity contribution in [3.05, 3.63) is 35.4 Å². The normalized spacial score (nSPS) is 16.3. The van der Waals surface area contributed by atoms with E-state index in [0.717, 1.165) is 0 Å². The molecule has 0 saturated heterocycles. The number of rotatable bonds is 6. The highest BCUT2D eigenvalue weighted by Crippen LogP contribution is 2.28. The average Bonchev–Trinajstić information content (AvgIpc) is 2.78. The molecule has 146 valence electrons. The zero-order valence-corrected chi connectivity index (χ0v) is 14.4. The van der Waals surface area contributed by atoms with Crippen molar-refractivity contribution in [1.29, 1.82) is 0 Å². The van der Waals surface area contributed by atoms with Crippen LogP contribution in [0, 0.1) is 5.92 Å². The molecule has 1 aromatic rings. The molecule has 3 amide bonds. The van der Waals surface area contributed by atoms with Crippen LogP contribution in [0.1, 0.15) is 41.0 Å². The Kier molecular flexibility index (Phi) is 5.57. The second kappa shape index (κ2) is 7.37. The summed E-state index contributed by atoms with van der Waals surface area (Å²) in [5.41, 5.74) is 0.150. The van der Waals surface area contributed by atoms with Gasteiger partial charge >= 0.3 is 12.1 Å². The molecular formula is C17H17F3N2O5. The van der Waals surface area contributed by atoms with Crippen molar-refractivity contribution in [1.82, 2.24) is 10.2 Å². The molecule has 1 aliphatic heterocycles. The Bertz CT molecular complexity index is 756. The van der Waals surface area contributed by atoms with Crippen LogP contribution in [0.5, 0.6) is 0 Å². The van der Waals surface area contributed by atoms with Crippen molar-refractivity contribution in [2.24, 2.45) is 5.92 Å². The summed E-state index contributed by atoms with van der Waals surface area (Å²) in [5, 5.41) is 10.7. The summed E-state index contributed by atoms with van der Waals surface area (Å²) in [7, 11) is 0. The molecule has 1 aromatic carbocycles. The lowest BCUT2D eigenvalue weighted by molar-refractivity contribution is -0.160. The molecule has 2 rings (SSSR count). The molecular weight excluding hydrogens is 369 g/mol. The Morgan fingerprint density at radius 1 is 1.11 bits per heavy atom. The number of imide groups is 1. The predicted octanol–water partition coefficient (Wildman–Crippen LogP) is 1.83. The van der Waals surface area contributed by atoms with Crippen LogP contribution in [0.4, 0.5) is 13.2 Å². The molecule has 0 saturated carbocycles. The number of carboxylic acids is 1. The minimum absolute atomic E-state index is 0.0750. The van der Waals surface area contributed by atoms with Gasteiger partial charge in [0.2, 0.25) is 5.91 Å². The molecule has 0 fully saturated rings. The molecule has 2 N–H and O–H groups in total. The summed E-state index contributed by atoms with van der Waals surface area (Å²) in [6.07, 6.45) is -6.60. The van der Waals surface area contributed by atoms with E-state index in [0.29, 0.717) is 4.90 Å². The lowest BCUT2D eigenvalue weighted by Crippen LogP contribution is -2.56. The van der Waals surface area contributed by atoms with Crippen LogP contribution >= 0.6 is 0 Å². The first kappa shape index (κ1) is 20.4. The summed E-state index contributed by atoms with van der Waals surface area (Å²) in [6.45, 7) is 2.99. The molecule has 0 aromatic heterocycles. The van der Waals surface area contributed by atoms with Crippen LogP contribution in [0.25, 0.3) is 0 Å². The molecule has 2 unspecified atom stereocenters. The molecule has 10 heteroatoms. The van der Waals surface area contributed by atoms with Gasteiger partial charge in [0.25, 0.3) is 11.8 Å². The summed E-state index contributed by atoms with van der Waals surface area (Å²) < 4.78 is 37.6. The molecule has 0 radical (unpaired) electrons. The van der Waals surface area contributed by atoms with Gasteiger partial charge in [-0.3, -0.25) is 19.3 Å². The van der Waals surface area contributed by atoms with Gasteiger partial charge in [0, 0.05) is 0 Å². The molecule has 0 spiro atoms. The third kappa shape index (κ3) is 4.26. The maximum absolute atomic E-state index is 12.5. The van der Waals surface area contributed by atoms with Gasteiger partial charge in [0.15, 0.2) is 0 Å². The Labute approximate surface area is 152 Å². The Morgan fingerprint density at radius 2 is 1.59 bits per heavy atom. The third-order valence-corrected chi connectivity index (χ3v) is 4.05. The Hall–Kier alpha value is -2.91. The van der Waals surface area contributed by atoms with E-state index >= 15 is 0 Å². The van der Waals surface area contributed by atoms with Crippen LogP contribution in [0.2, 0.25) is 0 Å². The standard InChI is InChI=1S/C17H17F3N2O5/c1-8(2)12(13(23)21-11(16(26)27)7-17(18,19)20)22-14(24)9-5-3-4-6-10(9)15(22)25/h3-6,8,11-12H,7H2,1-2H3,(H,21,23)(H,26,27). The van der Waals surface area contributed by atoms with Crippen LogP contribution in [0.3, 0.4) is 0 Å². The van der Waals surface area contributed by atoms with E-state index in [1.807, 2.05) is 0 Å². The second-order valence-electron chi connectivity index (χ2n) is 6.43. The highest BCUT2D eigenvalue weighted by Gasteiger charge is 2.45. The van der Waals surface area contributed by atoms with E-state index in [4.69, 9.17) is 5.11 Å². The first-order valence-corrected chi connectivity index (χ1v) is 8.01. The first-order valence-electron chi connectivity index (χ1n) is 8.01. The maximum Gasteiger partial charge on any atom is 0.391 e. The van der Waals surface area contributed by atoms with E-state index in [1.54, 1.807) is 5.32 Å². The first-order chi connectivity index (χ1) is 12.4. The van der Waals surface area contributed by atoms with E-state index in [-0.39, 0.29) is 11.1 Å². The fourth-order valence-corrected chi connectivity index (χ4v) is 2.87. The fraction of sp³-hybridized carbons (Fsp3) is 0.412. The van der Waals surface area contributed by atoms with E-state index < -0.39 is 54.3 Å². The number of nitrogens with one attached hydrogen (secondary N) is 1. The minimum Gasteiger partial charge on any atom is -0.480 e. The number of fused-ring (bicyclic) bond motifs is 1. The zero-order chi connectivity index (χ0) is 20.5.